The van der Waals surface area contributed by atoms with Gasteiger partial charge in [0.15, 0.2) is 0 Å². The summed E-state index contributed by atoms with van der Waals surface area (Å²) in [5.74, 6) is 1.99. The smallest absolute Gasteiger partial charge is 0.341 e. The van der Waals surface area contributed by atoms with E-state index < -0.39 is 0 Å². The number of carbonyl (C=O) groups excluding carboxylic acids is 1. The van der Waals surface area contributed by atoms with E-state index in [9.17, 15) is 4.79 Å². The van der Waals surface area contributed by atoms with E-state index in [0.717, 1.165) is 56.2 Å². The molecule has 1 aromatic heterocycles. The van der Waals surface area contributed by atoms with Crippen molar-refractivity contribution < 1.29 is 14.3 Å². The van der Waals surface area contributed by atoms with E-state index in [4.69, 9.17) is 21.1 Å². The van der Waals surface area contributed by atoms with Gasteiger partial charge < -0.3 is 14.4 Å². The van der Waals surface area contributed by atoms with E-state index in [-0.39, 0.29) is 5.97 Å². The molecule has 2 heterocycles. The molecule has 0 aliphatic carbocycles. The highest BCUT2D eigenvalue weighted by Gasteiger charge is 2.23. The maximum atomic E-state index is 12.5. The lowest BCUT2D eigenvalue weighted by molar-refractivity contribution is 0.0505. The number of hydrogen-bond acceptors (Lipinski definition) is 6. The lowest BCUT2D eigenvalue weighted by Crippen LogP contribution is -2.46. The van der Waals surface area contributed by atoms with Gasteiger partial charge in [-0.1, -0.05) is 36.7 Å². The molecule has 1 aliphatic heterocycles. The van der Waals surface area contributed by atoms with Crippen molar-refractivity contribution >= 4 is 23.4 Å². The molecule has 1 saturated heterocycles. The molecule has 2 aromatic carbocycles. The Labute approximate surface area is 199 Å². The number of halogens is 1. The lowest BCUT2D eigenvalue weighted by Gasteiger charge is -2.36. The van der Waals surface area contributed by atoms with Crippen LogP contribution in [-0.2, 0) is 11.3 Å². The molecular weight excluding hydrogens is 438 g/mol. The van der Waals surface area contributed by atoms with Crippen molar-refractivity contribution in [2.75, 3.05) is 37.7 Å². The topological polar surface area (TPSA) is 54.9 Å². The van der Waals surface area contributed by atoms with Gasteiger partial charge in [-0.25, -0.2) is 9.78 Å². The van der Waals surface area contributed by atoms with Crippen molar-refractivity contribution in [3.05, 3.63) is 83.0 Å². The van der Waals surface area contributed by atoms with Crippen molar-refractivity contribution in [2.24, 2.45) is 0 Å². The largest absolute Gasteiger partial charge is 0.462 e. The summed E-state index contributed by atoms with van der Waals surface area (Å²) < 4.78 is 11.5. The van der Waals surface area contributed by atoms with Crippen LogP contribution in [0.5, 0.6) is 11.5 Å². The first-order valence-corrected chi connectivity index (χ1v) is 11.6. The minimum absolute atomic E-state index is 0.310. The van der Waals surface area contributed by atoms with Crippen LogP contribution in [-0.4, -0.2) is 48.6 Å². The SMILES string of the molecule is CCCOC(=O)c1cccnc1N1CCN(Cc2ccccc2Oc2ccc(Cl)cc2)CC1. The summed E-state index contributed by atoms with van der Waals surface area (Å²) in [6, 6.07) is 19.0. The molecule has 3 aromatic rings. The Hall–Kier alpha value is -3.09. The third-order valence-electron chi connectivity index (χ3n) is 5.52. The van der Waals surface area contributed by atoms with Crippen LogP contribution in [0.25, 0.3) is 0 Å². The summed E-state index contributed by atoms with van der Waals surface area (Å²) in [5, 5.41) is 0.684. The number of benzene rings is 2. The molecule has 0 N–H and O–H groups in total. The van der Waals surface area contributed by atoms with Crippen LogP contribution in [0.4, 0.5) is 5.82 Å². The number of para-hydroxylation sites is 1. The molecule has 0 bridgehead atoms. The first-order chi connectivity index (χ1) is 16.1. The van der Waals surface area contributed by atoms with E-state index in [1.54, 1.807) is 18.3 Å². The number of anilines is 1. The highest BCUT2D eigenvalue weighted by Crippen LogP contribution is 2.28. The number of piperazine rings is 1. The van der Waals surface area contributed by atoms with Crippen LogP contribution in [0.3, 0.4) is 0 Å². The third kappa shape index (κ3) is 6.03. The summed E-state index contributed by atoms with van der Waals surface area (Å²) >= 11 is 5.98. The zero-order chi connectivity index (χ0) is 23.0. The zero-order valence-corrected chi connectivity index (χ0v) is 19.5. The molecule has 6 nitrogen and oxygen atoms in total. The molecule has 0 atom stereocenters. The Morgan fingerprint density at radius 3 is 2.52 bits per heavy atom. The van der Waals surface area contributed by atoms with Gasteiger partial charge in [0.05, 0.1) is 6.61 Å². The number of rotatable bonds is 8. The van der Waals surface area contributed by atoms with Gasteiger partial charge >= 0.3 is 5.97 Å². The maximum absolute atomic E-state index is 12.5. The molecule has 0 saturated carbocycles. The second-order valence-electron chi connectivity index (χ2n) is 7.94. The van der Waals surface area contributed by atoms with Gasteiger partial charge in [0.25, 0.3) is 0 Å². The van der Waals surface area contributed by atoms with E-state index in [1.807, 2.05) is 49.4 Å². The number of aromatic nitrogens is 1. The Morgan fingerprint density at radius 1 is 1.00 bits per heavy atom. The van der Waals surface area contributed by atoms with Crippen LogP contribution in [0.2, 0.25) is 5.02 Å². The normalized spacial score (nSPS) is 14.2. The molecule has 0 radical (unpaired) electrons. The first kappa shape index (κ1) is 23.1. The maximum Gasteiger partial charge on any atom is 0.341 e. The predicted molar refractivity (Wildman–Crippen MR) is 130 cm³/mol. The molecule has 7 heteroatoms. The van der Waals surface area contributed by atoms with Crippen molar-refractivity contribution in [2.45, 2.75) is 19.9 Å². The van der Waals surface area contributed by atoms with Gasteiger partial charge in [-0.05, 0) is 48.9 Å². The van der Waals surface area contributed by atoms with Gasteiger partial charge in [-0.15, -0.1) is 0 Å². The molecule has 0 spiro atoms. The Balaban J connectivity index is 1.39. The van der Waals surface area contributed by atoms with Gasteiger partial charge in [-0.3, -0.25) is 4.90 Å². The summed E-state index contributed by atoms with van der Waals surface area (Å²) in [5.41, 5.74) is 1.66. The van der Waals surface area contributed by atoms with Crippen molar-refractivity contribution in [3.63, 3.8) is 0 Å². The first-order valence-electron chi connectivity index (χ1n) is 11.2. The van der Waals surface area contributed by atoms with Crippen molar-refractivity contribution in [3.8, 4) is 11.5 Å². The number of carbonyl (C=O) groups is 1. The fourth-order valence-corrected chi connectivity index (χ4v) is 3.93. The minimum atomic E-state index is -0.310. The van der Waals surface area contributed by atoms with E-state index in [1.165, 1.54) is 0 Å². The van der Waals surface area contributed by atoms with Crippen LogP contribution in [0.15, 0.2) is 66.9 Å². The van der Waals surface area contributed by atoms with Crippen LogP contribution >= 0.6 is 11.6 Å². The summed E-state index contributed by atoms with van der Waals surface area (Å²) in [4.78, 5) is 21.5. The average Bonchev–Trinajstić information content (AvgIpc) is 2.85. The second-order valence-corrected chi connectivity index (χ2v) is 8.37. The molecule has 172 valence electrons. The highest BCUT2D eigenvalue weighted by atomic mass is 35.5. The molecule has 4 rings (SSSR count). The second kappa shape index (κ2) is 11.2. The summed E-state index contributed by atoms with van der Waals surface area (Å²) in [6.07, 6.45) is 2.52. The highest BCUT2D eigenvalue weighted by molar-refractivity contribution is 6.30. The predicted octanol–water partition coefficient (Wildman–Crippen LogP) is 5.42. The number of nitrogens with zero attached hydrogens (tertiary/aromatic N) is 3. The van der Waals surface area contributed by atoms with Gasteiger partial charge in [0.2, 0.25) is 0 Å². The molecule has 1 fully saturated rings. The number of esters is 1. The lowest BCUT2D eigenvalue weighted by atomic mass is 10.1. The van der Waals surface area contributed by atoms with Crippen LogP contribution in [0.1, 0.15) is 29.3 Å². The van der Waals surface area contributed by atoms with E-state index >= 15 is 0 Å². The van der Waals surface area contributed by atoms with Crippen LogP contribution < -0.4 is 9.64 Å². The van der Waals surface area contributed by atoms with E-state index in [2.05, 4.69) is 20.9 Å². The van der Waals surface area contributed by atoms with Crippen molar-refractivity contribution in [1.29, 1.82) is 0 Å². The Bertz CT molecular complexity index is 1070. The fraction of sp³-hybridized carbons (Fsp3) is 0.308. The van der Waals surface area contributed by atoms with E-state index in [0.29, 0.717) is 23.0 Å². The minimum Gasteiger partial charge on any atom is -0.462 e. The van der Waals surface area contributed by atoms with Gasteiger partial charge in [-0.2, -0.15) is 0 Å². The standard InChI is InChI=1S/C26H28ClN3O3/c1-2-18-32-26(31)23-7-5-13-28-25(23)30-16-14-29(15-17-30)19-20-6-3-4-8-24(20)33-22-11-9-21(27)10-12-22/h3-13H,2,14-19H2,1H3. The van der Waals surface area contributed by atoms with Crippen molar-refractivity contribution in [1.82, 2.24) is 9.88 Å². The number of ether oxygens (including phenoxy) is 2. The molecule has 33 heavy (non-hydrogen) atoms. The average molecular weight is 466 g/mol. The third-order valence-corrected chi connectivity index (χ3v) is 5.78. The molecular formula is C26H28ClN3O3. The van der Waals surface area contributed by atoms with Crippen LogP contribution in [0, 0.1) is 0 Å². The number of hydrogen-bond donors (Lipinski definition) is 0. The van der Waals surface area contributed by atoms with Gasteiger partial charge in [0.1, 0.15) is 22.9 Å². The zero-order valence-electron chi connectivity index (χ0n) is 18.7. The molecule has 0 unspecified atom stereocenters. The summed E-state index contributed by atoms with van der Waals surface area (Å²) in [7, 11) is 0. The number of pyridine rings is 1. The molecule has 1 aliphatic rings. The monoisotopic (exact) mass is 465 g/mol. The quantitative estimate of drug-likeness (QED) is 0.414. The Kier molecular flexibility index (Phi) is 7.81. The summed E-state index contributed by atoms with van der Waals surface area (Å²) in [6.45, 7) is 6.46. The Morgan fingerprint density at radius 2 is 1.76 bits per heavy atom. The van der Waals surface area contributed by atoms with Gasteiger partial charge in [0, 0.05) is 49.5 Å². The fourth-order valence-electron chi connectivity index (χ4n) is 3.80. The molecule has 0 amide bonds.